The van der Waals surface area contributed by atoms with E-state index in [9.17, 15) is 27.6 Å². The van der Waals surface area contributed by atoms with Crippen molar-refractivity contribution < 1.29 is 27.6 Å². The highest BCUT2D eigenvalue weighted by Crippen LogP contribution is 2.31. The van der Waals surface area contributed by atoms with Crippen molar-refractivity contribution in [3.05, 3.63) is 69.8 Å². The molecule has 2 aromatic rings. The number of carbonyl (C=O) groups excluding carboxylic acids is 3. The Morgan fingerprint density at radius 1 is 0.923 bits per heavy atom. The molecule has 0 aliphatic carbocycles. The topological polar surface area (TPSA) is 87.3 Å². The molecule has 0 aliphatic heterocycles. The molecule has 3 N–H and O–H groups in total. The van der Waals surface area contributed by atoms with E-state index in [1.54, 1.807) is 0 Å². The van der Waals surface area contributed by atoms with Crippen molar-refractivity contribution in [1.29, 1.82) is 0 Å². The van der Waals surface area contributed by atoms with Crippen LogP contribution in [-0.2, 0) is 28.6 Å². The van der Waals surface area contributed by atoms with Crippen LogP contribution in [0.4, 0.5) is 13.2 Å². The van der Waals surface area contributed by atoms with Crippen LogP contribution in [0.1, 0.15) is 85.1 Å². The number of nitrogens with one attached hydrogen (secondary N) is 3. The molecule has 214 valence electrons. The van der Waals surface area contributed by atoms with Gasteiger partial charge in [0.2, 0.25) is 11.8 Å². The first-order chi connectivity index (χ1) is 18.1. The van der Waals surface area contributed by atoms with Crippen LogP contribution in [0.15, 0.2) is 36.4 Å². The number of carbonyl (C=O) groups is 3. The van der Waals surface area contributed by atoms with E-state index in [0.717, 1.165) is 29.7 Å². The number of hydrogen-bond donors (Lipinski definition) is 3. The number of amides is 3. The Balaban J connectivity index is 2.08. The second kappa shape index (κ2) is 13.6. The van der Waals surface area contributed by atoms with Gasteiger partial charge >= 0.3 is 6.18 Å². The summed E-state index contributed by atoms with van der Waals surface area (Å²) >= 11 is 0. The van der Waals surface area contributed by atoms with E-state index in [0.29, 0.717) is 31.2 Å². The quantitative estimate of drug-likeness (QED) is 0.351. The molecule has 0 bridgehead atoms. The van der Waals surface area contributed by atoms with Gasteiger partial charge in [0.15, 0.2) is 0 Å². The van der Waals surface area contributed by atoms with E-state index in [1.165, 1.54) is 11.6 Å². The molecule has 0 saturated carbocycles. The highest BCUT2D eigenvalue weighted by atomic mass is 19.4. The molecular formula is C30H40F3N3O3. The second-order valence-corrected chi connectivity index (χ2v) is 11.0. The Morgan fingerprint density at radius 2 is 1.59 bits per heavy atom. The van der Waals surface area contributed by atoms with E-state index in [-0.39, 0.29) is 11.5 Å². The zero-order chi connectivity index (χ0) is 29.4. The SMILES string of the molecule is CCCc1ccc(C(F)(F)F)cc1C(=O)NCC(=O)N[C@@H](CCCc1ccc(C)cc1C)C(=O)NC(C)(C)C. The lowest BCUT2D eigenvalue weighted by Crippen LogP contribution is -2.53. The van der Waals surface area contributed by atoms with Gasteiger partial charge in [-0.3, -0.25) is 14.4 Å². The highest BCUT2D eigenvalue weighted by molar-refractivity contribution is 5.98. The van der Waals surface area contributed by atoms with Gasteiger partial charge in [-0.15, -0.1) is 0 Å². The lowest BCUT2D eigenvalue weighted by Gasteiger charge is -2.25. The van der Waals surface area contributed by atoms with Gasteiger partial charge in [0.05, 0.1) is 12.1 Å². The summed E-state index contributed by atoms with van der Waals surface area (Å²) in [5.41, 5.74) is 2.40. The smallest absolute Gasteiger partial charge is 0.350 e. The summed E-state index contributed by atoms with van der Waals surface area (Å²) in [7, 11) is 0. The largest absolute Gasteiger partial charge is 0.416 e. The molecule has 2 rings (SSSR count). The van der Waals surface area contributed by atoms with Gasteiger partial charge in [-0.05, 0) is 89.1 Å². The van der Waals surface area contributed by atoms with Crippen molar-refractivity contribution in [3.63, 3.8) is 0 Å². The zero-order valence-corrected chi connectivity index (χ0v) is 23.6. The molecule has 0 unspecified atom stereocenters. The first-order valence-corrected chi connectivity index (χ1v) is 13.3. The molecule has 0 aliphatic rings. The molecule has 0 radical (unpaired) electrons. The Labute approximate surface area is 229 Å². The molecule has 0 heterocycles. The summed E-state index contributed by atoms with van der Waals surface area (Å²) in [6, 6.07) is 8.42. The van der Waals surface area contributed by atoms with Crippen LogP contribution in [0.2, 0.25) is 0 Å². The molecule has 0 spiro atoms. The van der Waals surface area contributed by atoms with Crippen LogP contribution in [0.3, 0.4) is 0 Å². The molecule has 39 heavy (non-hydrogen) atoms. The van der Waals surface area contributed by atoms with Crippen molar-refractivity contribution in [3.8, 4) is 0 Å². The van der Waals surface area contributed by atoms with Crippen LogP contribution < -0.4 is 16.0 Å². The van der Waals surface area contributed by atoms with E-state index in [1.807, 2.05) is 47.6 Å². The van der Waals surface area contributed by atoms with E-state index >= 15 is 0 Å². The molecular weight excluding hydrogens is 507 g/mol. The van der Waals surface area contributed by atoms with Crippen LogP contribution >= 0.6 is 0 Å². The van der Waals surface area contributed by atoms with E-state index < -0.39 is 41.7 Å². The molecule has 2 aromatic carbocycles. The summed E-state index contributed by atoms with van der Waals surface area (Å²) in [4.78, 5) is 38.4. The number of aryl methyl sites for hydroxylation is 4. The molecule has 6 nitrogen and oxygen atoms in total. The maximum atomic E-state index is 13.2. The third kappa shape index (κ3) is 10.4. The van der Waals surface area contributed by atoms with Crippen LogP contribution in [0.5, 0.6) is 0 Å². The Hall–Kier alpha value is -3.36. The van der Waals surface area contributed by atoms with Crippen molar-refractivity contribution in [1.82, 2.24) is 16.0 Å². The molecule has 0 aromatic heterocycles. The fourth-order valence-corrected chi connectivity index (χ4v) is 4.30. The summed E-state index contributed by atoms with van der Waals surface area (Å²) < 4.78 is 39.6. The lowest BCUT2D eigenvalue weighted by molar-refractivity contribution is -0.137. The Bertz CT molecular complexity index is 1170. The molecule has 9 heteroatoms. The summed E-state index contributed by atoms with van der Waals surface area (Å²) in [5, 5.41) is 7.98. The fraction of sp³-hybridized carbons (Fsp3) is 0.500. The highest BCUT2D eigenvalue weighted by Gasteiger charge is 2.32. The average molecular weight is 548 g/mol. The van der Waals surface area contributed by atoms with Crippen molar-refractivity contribution in [2.75, 3.05) is 6.54 Å². The summed E-state index contributed by atoms with van der Waals surface area (Å²) in [6.07, 6.45) is -1.79. The third-order valence-electron chi connectivity index (χ3n) is 6.20. The Morgan fingerprint density at radius 3 is 2.18 bits per heavy atom. The minimum Gasteiger partial charge on any atom is -0.350 e. The standard InChI is InChI=1S/C30H40F3N3O3/c1-7-9-22-14-15-23(30(31,32)33)17-24(22)27(38)34-18-26(37)35-25(28(39)36-29(4,5)6)11-8-10-21-13-12-19(2)16-20(21)3/h12-17,25H,7-11,18H2,1-6H3,(H,34,38)(H,35,37)(H,36,39)/t25-/m0/s1. The minimum absolute atomic E-state index is 0.116. The van der Waals surface area contributed by atoms with E-state index in [2.05, 4.69) is 28.1 Å². The molecule has 0 fully saturated rings. The monoisotopic (exact) mass is 547 g/mol. The third-order valence-corrected chi connectivity index (χ3v) is 6.20. The number of benzene rings is 2. The first kappa shape index (κ1) is 31.9. The summed E-state index contributed by atoms with van der Waals surface area (Å²) in [6.45, 7) is 10.9. The van der Waals surface area contributed by atoms with Gasteiger partial charge in [0.1, 0.15) is 6.04 Å². The molecule has 3 amide bonds. The number of rotatable bonds is 11. The number of halogens is 3. The van der Waals surface area contributed by atoms with Crippen molar-refractivity contribution in [2.45, 2.75) is 91.4 Å². The maximum Gasteiger partial charge on any atom is 0.416 e. The predicted molar refractivity (Wildman–Crippen MR) is 146 cm³/mol. The first-order valence-electron chi connectivity index (χ1n) is 13.3. The van der Waals surface area contributed by atoms with Gasteiger partial charge in [-0.2, -0.15) is 13.2 Å². The lowest BCUT2D eigenvalue weighted by atomic mass is 9.98. The van der Waals surface area contributed by atoms with Gasteiger partial charge < -0.3 is 16.0 Å². The summed E-state index contributed by atoms with van der Waals surface area (Å²) in [5.74, 6) is -1.72. The minimum atomic E-state index is -4.60. The zero-order valence-electron chi connectivity index (χ0n) is 23.6. The van der Waals surface area contributed by atoms with Gasteiger partial charge in [0, 0.05) is 11.1 Å². The van der Waals surface area contributed by atoms with Crippen molar-refractivity contribution in [2.24, 2.45) is 0 Å². The van der Waals surface area contributed by atoms with Gasteiger partial charge in [-0.1, -0.05) is 43.2 Å². The maximum absolute atomic E-state index is 13.2. The van der Waals surface area contributed by atoms with E-state index in [4.69, 9.17) is 0 Å². The van der Waals surface area contributed by atoms with Gasteiger partial charge in [0.25, 0.3) is 5.91 Å². The van der Waals surface area contributed by atoms with Crippen LogP contribution in [-0.4, -0.2) is 35.8 Å². The molecule has 1 atom stereocenters. The predicted octanol–water partition coefficient (Wildman–Crippen LogP) is 5.43. The fourth-order valence-electron chi connectivity index (χ4n) is 4.30. The molecule has 0 saturated heterocycles. The second-order valence-electron chi connectivity index (χ2n) is 11.0. The van der Waals surface area contributed by atoms with Crippen LogP contribution in [0, 0.1) is 13.8 Å². The number of hydrogen-bond acceptors (Lipinski definition) is 3. The Kier molecular flexibility index (Phi) is 11.1. The van der Waals surface area contributed by atoms with Crippen LogP contribution in [0.25, 0.3) is 0 Å². The average Bonchev–Trinajstić information content (AvgIpc) is 2.81. The normalized spacial score (nSPS) is 12.5. The van der Waals surface area contributed by atoms with Crippen molar-refractivity contribution >= 4 is 17.7 Å². The van der Waals surface area contributed by atoms with Gasteiger partial charge in [-0.25, -0.2) is 0 Å². The number of alkyl halides is 3.